The van der Waals surface area contributed by atoms with E-state index in [1.54, 1.807) is 36.4 Å². The van der Waals surface area contributed by atoms with Crippen LogP contribution in [0.2, 0.25) is 0 Å². The van der Waals surface area contributed by atoms with Crippen molar-refractivity contribution in [2.24, 2.45) is 0 Å². The van der Waals surface area contributed by atoms with Crippen LogP contribution in [0.15, 0.2) is 48.5 Å². The smallest absolute Gasteiger partial charge is 0.319 e. The second-order valence-corrected chi connectivity index (χ2v) is 6.19. The SMILES string of the molecule is CC(C)NC(=O)Nc1ccc(NC(=O)CCc2ccc(C#N)cc2)cc1. The summed E-state index contributed by atoms with van der Waals surface area (Å²) in [5.74, 6) is -0.0902. The van der Waals surface area contributed by atoms with Crippen LogP contribution in [0, 0.1) is 11.3 Å². The van der Waals surface area contributed by atoms with Crippen LogP contribution in [0.4, 0.5) is 16.2 Å². The summed E-state index contributed by atoms with van der Waals surface area (Å²) >= 11 is 0. The molecule has 6 nitrogen and oxygen atoms in total. The van der Waals surface area contributed by atoms with Gasteiger partial charge in [0.15, 0.2) is 0 Å². The highest BCUT2D eigenvalue weighted by Crippen LogP contribution is 2.14. The minimum absolute atomic E-state index is 0.0599. The van der Waals surface area contributed by atoms with Crippen LogP contribution in [-0.2, 0) is 11.2 Å². The maximum Gasteiger partial charge on any atom is 0.319 e. The third-order valence-corrected chi connectivity index (χ3v) is 3.57. The van der Waals surface area contributed by atoms with E-state index >= 15 is 0 Å². The molecular formula is C20H22N4O2. The fourth-order valence-corrected chi connectivity index (χ4v) is 2.29. The van der Waals surface area contributed by atoms with Gasteiger partial charge < -0.3 is 16.0 Å². The molecule has 0 aromatic heterocycles. The Morgan fingerprint density at radius 3 is 2.08 bits per heavy atom. The number of anilines is 2. The summed E-state index contributed by atoms with van der Waals surface area (Å²) in [6, 6.07) is 16.0. The summed E-state index contributed by atoms with van der Waals surface area (Å²) in [6.07, 6.45) is 0.954. The number of hydrogen-bond acceptors (Lipinski definition) is 3. The minimum atomic E-state index is -0.265. The highest BCUT2D eigenvalue weighted by atomic mass is 16.2. The van der Waals surface area contributed by atoms with Gasteiger partial charge in [-0.15, -0.1) is 0 Å². The van der Waals surface area contributed by atoms with Crippen LogP contribution in [0.1, 0.15) is 31.4 Å². The summed E-state index contributed by atoms with van der Waals surface area (Å²) in [5, 5.41) is 17.1. The van der Waals surface area contributed by atoms with E-state index in [4.69, 9.17) is 5.26 Å². The van der Waals surface area contributed by atoms with Crippen LogP contribution in [-0.4, -0.2) is 18.0 Å². The predicted octanol–water partition coefficient (Wildman–Crippen LogP) is 3.66. The van der Waals surface area contributed by atoms with Gasteiger partial charge in [0.25, 0.3) is 0 Å². The van der Waals surface area contributed by atoms with Gasteiger partial charge in [-0.2, -0.15) is 5.26 Å². The normalized spacial score (nSPS) is 10.1. The molecule has 0 spiro atoms. The minimum Gasteiger partial charge on any atom is -0.336 e. The molecule has 2 aromatic carbocycles. The predicted molar refractivity (Wildman–Crippen MR) is 102 cm³/mol. The number of aryl methyl sites for hydroxylation is 1. The van der Waals surface area contributed by atoms with E-state index in [1.165, 1.54) is 0 Å². The Morgan fingerprint density at radius 1 is 0.962 bits per heavy atom. The van der Waals surface area contributed by atoms with E-state index < -0.39 is 0 Å². The topological polar surface area (TPSA) is 94.0 Å². The van der Waals surface area contributed by atoms with Crippen LogP contribution < -0.4 is 16.0 Å². The first-order valence-electron chi connectivity index (χ1n) is 8.43. The fourth-order valence-electron chi connectivity index (χ4n) is 2.29. The van der Waals surface area contributed by atoms with Crippen molar-refractivity contribution >= 4 is 23.3 Å². The monoisotopic (exact) mass is 350 g/mol. The van der Waals surface area contributed by atoms with Gasteiger partial charge in [0.1, 0.15) is 0 Å². The van der Waals surface area contributed by atoms with E-state index in [2.05, 4.69) is 22.0 Å². The zero-order valence-corrected chi connectivity index (χ0v) is 14.9. The fraction of sp³-hybridized carbons (Fsp3) is 0.250. The molecule has 0 fully saturated rings. The third-order valence-electron chi connectivity index (χ3n) is 3.57. The third kappa shape index (κ3) is 6.29. The molecule has 2 aromatic rings. The Hall–Kier alpha value is -3.33. The summed E-state index contributed by atoms with van der Waals surface area (Å²) in [4.78, 5) is 23.7. The second kappa shape index (κ2) is 9.23. The zero-order valence-electron chi connectivity index (χ0n) is 14.9. The maximum atomic E-state index is 12.0. The number of nitrogens with zero attached hydrogens (tertiary/aromatic N) is 1. The van der Waals surface area contributed by atoms with Crippen molar-refractivity contribution in [3.8, 4) is 6.07 Å². The van der Waals surface area contributed by atoms with Crippen molar-refractivity contribution in [3.05, 3.63) is 59.7 Å². The standard InChI is InChI=1S/C20H22N4O2/c1-14(2)22-20(26)24-18-10-8-17(9-11-18)23-19(25)12-7-15-3-5-16(13-21)6-4-15/h3-6,8-11,14H,7,12H2,1-2H3,(H,23,25)(H2,22,24,26). The number of carbonyl (C=O) groups excluding carboxylic acids is 2. The van der Waals surface area contributed by atoms with Crippen LogP contribution >= 0.6 is 0 Å². The molecule has 0 unspecified atom stereocenters. The number of carbonyl (C=O) groups is 2. The molecule has 6 heteroatoms. The molecule has 0 saturated carbocycles. The molecule has 26 heavy (non-hydrogen) atoms. The van der Waals surface area contributed by atoms with Crippen molar-refractivity contribution < 1.29 is 9.59 Å². The Labute approximate surface area is 153 Å². The highest BCUT2D eigenvalue weighted by molar-refractivity contribution is 5.92. The summed E-state index contributed by atoms with van der Waals surface area (Å²) in [6.45, 7) is 3.77. The number of nitrogens with one attached hydrogen (secondary N) is 3. The summed E-state index contributed by atoms with van der Waals surface area (Å²) in [7, 11) is 0. The highest BCUT2D eigenvalue weighted by Gasteiger charge is 2.06. The van der Waals surface area contributed by atoms with Crippen LogP contribution in [0.5, 0.6) is 0 Å². The number of hydrogen-bond donors (Lipinski definition) is 3. The van der Waals surface area contributed by atoms with Crippen molar-refractivity contribution in [2.45, 2.75) is 32.7 Å². The largest absolute Gasteiger partial charge is 0.336 e. The zero-order chi connectivity index (χ0) is 18.9. The molecule has 2 rings (SSSR count). The Bertz CT molecular complexity index is 790. The number of amides is 3. The van der Waals surface area contributed by atoms with Gasteiger partial charge in [-0.3, -0.25) is 4.79 Å². The van der Waals surface area contributed by atoms with E-state index in [0.29, 0.717) is 29.8 Å². The number of benzene rings is 2. The Kier molecular flexibility index (Phi) is 6.75. The lowest BCUT2D eigenvalue weighted by atomic mass is 10.1. The lowest BCUT2D eigenvalue weighted by molar-refractivity contribution is -0.116. The lowest BCUT2D eigenvalue weighted by Crippen LogP contribution is -2.34. The van der Waals surface area contributed by atoms with E-state index in [-0.39, 0.29) is 18.0 Å². The molecule has 3 amide bonds. The average Bonchev–Trinajstić information content (AvgIpc) is 2.61. The first-order valence-corrected chi connectivity index (χ1v) is 8.43. The molecule has 0 heterocycles. The first kappa shape index (κ1) is 19.0. The number of rotatable bonds is 6. The Balaban J connectivity index is 1.81. The van der Waals surface area contributed by atoms with Crippen molar-refractivity contribution in [3.63, 3.8) is 0 Å². The van der Waals surface area contributed by atoms with Gasteiger partial charge in [0.2, 0.25) is 5.91 Å². The van der Waals surface area contributed by atoms with Crippen molar-refractivity contribution in [2.75, 3.05) is 10.6 Å². The second-order valence-electron chi connectivity index (χ2n) is 6.19. The quantitative estimate of drug-likeness (QED) is 0.742. The number of urea groups is 1. The summed E-state index contributed by atoms with van der Waals surface area (Å²) < 4.78 is 0. The molecular weight excluding hydrogens is 328 g/mol. The van der Waals surface area contributed by atoms with Crippen LogP contribution in [0.3, 0.4) is 0 Å². The first-order chi connectivity index (χ1) is 12.5. The molecule has 0 bridgehead atoms. The molecule has 134 valence electrons. The molecule has 0 aliphatic carbocycles. The summed E-state index contributed by atoms with van der Waals surface area (Å²) in [5.41, 5.74) is 2.94. The molecule has 0 aliphatic rings. The van der Waals surface area contributed by atoms with E-state index in [1.807, 2.05) is 26.0 Å². The molecule has 3 N–H and O–H groups in total. The van der Waals surface area contributed by atoms with Crippen molar-refractivity contribution in [1.29, 1.82) is 5.26 Å². The average molecular weight is 350 g/mol. The van der Waals surface area contributed by atoms with Gasteiger partial charge in [0.05, 0.1) is 11.6 Å². The maximum absolute atomic E-state index is 12.0. The Morgan fingerprint density at radius 2 is 1.54 bits per heavy atom. The van der Waals surface area contributed by atoms with Gasteiger partial charge in [-0.05, 0) is 62.2 Å². The number of nitriles is 1. The van der Waals surface area contributed by atoms with Gasteiger partial charge >= 0.3 is 6.03 Å². The van der Waals surface area contributed by atoms with Crippen LogP contribution in [0.25, 0.3) is 0 Å². The molecule has 0 aliphatic heterocycles. The van der Waals surface area contributed by atoms with Gasteiger partial charge in [0, 0.05) is 23.8 Å². The molecule has 0 saturated heterocycles. The lowest BCUT2D eigenvalue weighted by Gasteiger charge is -2.11. The van der Waals surface area contributed by atoms with E-state index in [9.17, 15) is 9.59 Å². The van der Waals surface area contributed by atoms with Crippen molar-refractivity contribution in [1.82, 2.24) is 5.32 Å². The van der Waals surface area contributed by atoms with Gasteiger partial charge in [-0.25, -0.2) is 4.79 Å². The molecule has 0 radical (unpaired) electrons. The molecule has 0 atom stereocenters. The van der Waals surface area contributed by atoms with E-state index in [0.717, 1.165) is 5.56 Å². The van der Waals surface area contributed by atoms with Gasteiger partial charge in [-0.1, -0.05) is 12.1 Å².